The zero-order valence-corrected chi connectivity index (χ0v) is 15.9. The number of hydrogen-bond donors (Lipinski definition) is 2. The number of anilines is 1. The summed E-state index contributed by atoms with van der Waals surface area (Å²) in [6, 6.07) is 17.0. The molecular weight excluding hydrogens is 362 g/mol. The second-order valence-electron chi connectivity index (χ2n) is 6.81. The van der Waals surface area contributed by atoms with Crippen LogP contribution in [0.25, 0.3) is 0 Å². The van der Waals surface area contributed by atoms with Gasteiger partial charge in [-0.25, -0.2) is 0 Å². The second kappa shape index (κ2) is 9.53. The number of carbonyl (C=O) groups is 2. The Bertz CT molecular complexity index is 774. The molecule has 5 nitrogen and oxygen atoms in total. The van der Waals surface area contributed by atoms with E-state index in [-0.39, 0.29) is 17.7 Å². The lowest BCUT2D eigenvalue weighted by Crippen LogP contribution is -2.43. The number of likely N-dealkylation sites (tertiary alicyclic amines) is 1. The fourth-order valence-corrected chi connectivity index (χ4v) is 3.44. The summed E-state index contributed by atoms with van der Waals surface area (Å²) < 4.78 is 0. The molecule has 0 aromatic heterocycles. The average Bonchev–Trinajstić information content (AvgIpc) is 2.67. The topological polar surface area (TPSA) is 61.4 Å². The SMILES string of the molecule is O=C(CN1CCC(C(=O)NCc2ccccc2)CC1)Nc1cccc(Cl)c1. The Kier molecular flexibility index (Phi) is 6.85. The molecule has 1 saturated heterocycles. The van der Waals surface area contributed by atoms with Crippen molar-refractivity contribution >= 4 is 29.1 Å². The monoisotopic (exact) mass is 385 g/mol. The minimum atomic E-state index is -0.0655. The fourth-order valence-electron chi connectivity index (χ4n) is 3.25. The lowest BCUT2D eigenvalue weighted by atomic mass is 9.96. The summed E-state index contributed by atoms with van der Waals surface area (Å²) in [4.78, 5) is 26.6. The summed E-state index contributed by atoms with van der Waals surface area (Å²) in [6.07, 6.45) is 1.54. The molecule has 0 bridgehead atoms. The zero-order chi connectivity index (χ0) is 19.1. The maximum Gasteiger partial charge on any atom is 0.238 e. The molecule has 0 spiro atoms. The first-order chi connectivity index (χ1) is 13.1. The summed E-state index contributed by atoms with van der Waals surface area (Å²) in [6.45, 7) is 2.37. The maximum atomic E-state index is 12.4. The number of amides is 2. The molecule has 1 aliphatic heterocycles. The van der Waals surface area contributed by atoms with Gasteiger partial charge in [0.15, 0.2) is 0 Å². The van der Waals surface area contributed by atoms with Gasteiger partial charge in [0, 0.05) is 23.2 Å². The Morgan fingerprint density at radius 3 is 2.48 bits per heavy atom. The summed E-state index contributed by atoms with van der Waals surface area (Å²) in [5.41, 5.74) is 1.80. The quantitative estimate of drug-likeness (QED) is 0.802. The van der Waals surface area contributed by atoms with Gasteiger partial charge in [-0.3, -0.25) is 14.5 Å². The van der Waals surface area contributed by atoms with Crippen LogP contribution < -0.4 is 10.6 Å². The summed E-state index contributed by atoms with van der Waals surface area (Å²) in [5.74, 6) is 0.0482. The van der Waals surface area contributed by atoms with Gasteiger partial charge in [-0.15, -0.1) is 0 Å². The molecule has 142 valence electrons. The molecule has 2 N–H and O–H groups in total. The van der Waals surface area contributed by atoms with E-state index in [1.807, 2.05) is 36.4 Å². The molecule has 0 radical (unpaired) electrons. The van der Waals surface area contributed by atoms with Crippen molar-refractivity contribution in [3.05, 3.63) is 65.2 Å². The highest BCUT2D eigenvalue weighted by Gasteiger charge is 2.25. The smallest absolute Gasteiger partial charge is 0.238 e. The van der Waals surface area contributed by atoms with Crippen LogP contribution in [-0.4, -0.2) is 36.3 Å². The maximum absolute atomic E-state index is 12.4. The van der Waals surface area contributed by atoms with Crippen LogP contribution in [0, 0.1) is 5.92 Å². The van der Waals surface area contributed by atoms with E-state index >= 15 is 0 Å². The molecule has 1 heterocycles. The molecule has 0 atom stereocenters. The van der Waals surface area contributed by atoms with Crippen LogP contribution in [0.15, 0.2) is 54.6 Å². The molecule has 1 fully saturated rings. The minimum Gasteiger partial charge on any atom is -0.352 e. The van der Waals surface area contributed by atoms with Gasteiger partial charge in [-0.2, -0.15) is 0 Å². The van der Waals surface area contributed by atoms with Crippen LogP contribution in [0.4, 0.5) is 5.69 Å². The van der Waals surface area contributed by atoms with Crippen molar-refractivity contribution in [2.75, 3.05) is 25.0 Å². The molecule has 6 heteroatoms. The average molecular weight is 386 g/mol. The van der Waals surface area contributed by atoms with Crippen molar-refractivity contribution in [1.82, 2.24) is 10.2 Å². The van der Waals surface area contributed by atoms with E-state index in [9.17, 15) is 9.59 Å². The number of rotatable bonds is 6. The number of piperidine rings is 1. The number of hydrogen-bond acceptors (Lipinski definition) is 3. The number of nitrogens with zero attached hydrogens (tertiary/aromatic N) is 1. The second-order valence-corrected chi connectivity index (χ2v) is 7.25. The number of nitrogens with one attached hydrogen (secondary N) is 2. The zero-order valence-electron chi connectivity index (χ0n) is 15.2. The third-order valence-electron chi connectivity index (χ3n) is 4.74. The van der Waals surface area contributed by atoms with E-state index in [0.29, 0.717) is 23.8 Å². The normalized spacial score (nSPS) is 15.3. The van der Waals surface area contributed by atoms with E-state index in [4.69, 9.17) is 11.6 Å². The van der Waals surface area contributed by atoms with Crippen molar-refractivity contribution in [2.45, 2.75) is 19.4 Å². The Hall–Kier alpha value is -2.37. The van der Waals surface area contributed by atoms with Gasteiger partial charge in [0.05, 0.1) is 6.54 Å². The van der Waals surface area contributed by atoms with Gasteiger partial charge in [-0.05, 0) is 49.7 Å². The van der Waals surface area contributed by atoms with Gasteiger partial charge in [0.1, 0.15) is 0 Å². The summed E-state index contributed by atoms with van der Waals surface area (Å²) in [5, 5.41) is 6.46. The largest absolute Gasteiger partial charge is 0.352 e. The Labute approximate surface area is 164 Å². The van der Waals surface area contributed by atoms with Gasteiger partial charge in [0.2, 0.25) is 11.8 Å². The molecule has 1 aliphatic rings. The number of benzene rings is 2. The lowest BCUT2D eigenvalue weighted by molar-refractivity contribution is -0.126. The third-order valence-corrected chi connectivity index (χ3v) is 4.98. The van der Waals surface area contributed by atoms with E-state index in [0.717, 1.165) is 31.5 Å². The molecular formula is C21H24ClN3O2. The summed E-state index contributed by atoms with van der Waals surface area (Å²) >= 11 is 5.93. The van der Waals surface area contributed by atoms with Crippen molar-refractivity contribution in [3.63, 3.8) is 0 Å². The van der Waals surface area contributed by atoms with Crippen LogP contribution in [0.3, 0.4) is 0 Å². The highest BCUT2D eigenvalue weighted by atomic mass is 35.5. The number of halogens is 1. The highest BCUT2D eigenvalue weighted by Crippen LogP contribution is 2.18. The van der Waals surface area contributed by atoms with E-state index < -0.39 is 0 Å². The predicted octanol–water partition coefficient (Wildman–Crippen LogP) is 3.31. The van der Waals surface area contributed by atoms with Gasteiger partial charge < -0.3 is 10.6 Å². The van der Waals surface area contributed by atoms with Gasteiger partial charge in [-0.1, -0.05) is 48.0 Å². The molecule has 2 amide bonds. The van der Waals surface area contributed by atoms with Gasteiger partial charge in [0.25, 0.3) is 0 Å². The van der Waals surface area contributed by atoms with Crippen LogP contribution >= 0.6 is 11.6 Å². The fraction of sp³-hybridized carbons (Fsp3) is 0.333. The minimum absolute atomic E-state index is 0.0148. The van der Waals surface area contributed by atoms with Crippen molar-refractivity contribution in [1.29, 1.82) is 0 Å². The third kappa shape index (κ3) is 6.08. The Balaban J connectivity index is 1.39. The van der Waals surface area contributed by atoms with E-state index in [1.54, 1.807) is 18.2 Å². The van der Waals surface area contributed by atoms with Crippen LogP contribution in [0.1, 0.15) is 18.4 Å². The standard InChI is InChI=1S/C21H24ClN3O2/c22-18-7-4-8-19(13-18)24-20(26)15-25-11-9-17(10-12-25)21(27)23-14-16-5-2-1-3-6-16/h1-8,13,17H,9-12,14-15H2,(H,23,27)(H,24,26). The predicted molar refractivity (Wildman–Crippen MR) is 108 cm³/mol. The van der Waals surface area contributed by atoms with Crippen LogP contribution in [0.5, 0.6) is 0 Å². The molecule has 27 heavy (non-hydrogen) atoms. The Morgan fingerprint density at radius 2 is 1.78 bits per heavy atom. The van der Waals surface area contributed by atoms with Crippen LogP contribution in [-0.2, 0) is 16.1 Å². The molecule has 0 saturated carbocycles. The molecule has 3 rings (SSSR count). The number of carbonyl (C=O) groups excluding carboxylic acids is 2. The first kappa shape index (κ1) is 19.4. The molecule has 2 aromatic carbocycles. The van der Waals surface area contributed by atoms with E-state index in [2.05, 4.69) is 15.5 Å². The first-order valence-electron chi connectivity index (χ1n) is 9.19. The van der Waals surface area contributed by atoms with Crippen molar-refractivity contribution < 1.29 is 9.59 Å². The highest BCUT2D eigenvalue weighted by molar-refractivity contribution is 6.30. The molecule has 2 aromatic rings. The van der Waals surface area contributed by atoms with Crippen molar-refractivity contribution in [3.8, 4) is 0 Å². The Morgan fingerprint density at radius 1 is 1.04 bits per heavy atom. The summed E-state index contributed by atoms with van der Waals surface area (Å²) in [7, 11) is 0. The van der Waals surface area contributed by atoms with Gasteiger partial charge >= 0.3 is 0 Å². The lowest BCUT2D eigenvalue weighted by Gasteiger charge is -2.30. The van der Waals surface area contributed by atoms with Crippen LogP contribution in [0.2, 0.25) is 5.02 Å². The first-order valence-corrected chi connectivity index (χ1v) is 9.57. The van der Waals surface area contributed by atoms with Crippen molar-refractivity contribution in [2.24, 2.45) is 5.92 Å². The molecule has 0 aliphatic carbocycles. The molecule has 0 unspecified atom stereocenters. The van der Waals surface area contributed by atoms with E-state index in [1.165, 1.54) is 0 Å².